The SMILES string of the molecule is COc1ccc2ccc(=O)oc2c1C. The van der Waals surface area contributed by atoms with Crippen LogP contribution in [-0.4, -0.2) is 7.11 Å². The normalized spacial score (nSPS) is 10.4. The molecule has 0 fully saturated rings. The molecule has 3 nitrogen and oxygen atoms in total. The van der Waals surface area contributed by atoms with E-state index in [9.17, 15) is 4.79 Å². The molecule has 0 N–H and O–H groups in total. The Morgan fingerprint density at radius 2 is 1.93 bits per heavy atom. The van der Waals surface area contributed by atoms with E-state index in [0.717, 1.165) is 16.7 Å². The fourth-order valence-corrected chi connectivity index (χ4v) is 1.47. The Bertz CT molecular complexity index is 526. The molecule has 0 radical (unpaired) electrons. The van der Waals surface area contributed by atoms with Crippen LogP contribution in [0.25, 0.3) is 11.0 Å². The Balaban J connectivity index is 2.86. The van der Waals surface area contributed by atoms with Gasteiger partial charge in [0.15, 0.2) is 0 Å². The predicted molar refractivity (Wildman–Crippen MR) is 53.8 cm³/mol. The number of aryl methyl sites for hydroxylation is 1. The third-order valence-electron chi connectivity index (χ3n) is 2.21. The van der Waals surface area contributed by atoms with E-state index in [-0.39, 0.29) is 5.63 Å². The first kappa shape index (κ1) is 8.81. The summed E-state index contributed by atoms with van der Waals surface area (Å²) in [6, 6.07) is 6.88. The number of fused-ring (bicyclic) bond motifs is 1. The van der Waals surface area contributed by atoms with Crippen LogP contribution < -0.4 is 10.4 Å². The predicted octanol–water partition coefficient (Wildman–Crippen LogP) is 2.11. The standard InChI is InChI=1S/C11H10O3/c1-7-9(13-2)5-3-8-4-6-10(12)14-11(7)8/h3-6H,1-2H3. The lowest BCUT2D eigenvalue weighted by atomic mass is 10.1. The zero-order valence-electron chi connectivity index (χ0n) is 8.03. The van der Waals surface area contributed by atoms with Crippen LogP contribution in [0.1, 0.15) is 5.56 Å². The van der Waals surface area contributed by atoms with E-state index in [1.807, 2.05) is 19.1 Å². The molecule has 2 rings (SSSR count). The maximum absolute atomic E-state index is 11.0. The third-order valence-corrected chi connectivity index (χ3v) is 2.21. The largest absolute Gasteiger partial charge is 0.496 e. The van der Waals surface area contributed by atoms with E-state index in [1.54, 1.807) is 13.2 Å². The quantitative estimate of drug-likeness (QED) is 0.646. The van der Waals surface area contributed by atoms with Gasteiger partial charge in [0, 0.05) is 17.0 Å². The van der Waals surface area contributed by atoms with Crippen molar-refractivity contribution in [2.45, 2.75) is 6.92 Å². The van der Waals surface area contributed by atoms with E-state index in [4.69, 9.17) is 9.15 Å². The first-order valence-corrected chi connectivity index (χ1v) is 4.30. The van der Waals surface area contributed by atoms with Crippen LogP contribution in [0.2, 0.25) is 0 Å². The van der Waals surface area contributed by atoms with Gasteiger partial charge in [-0.05, 0) is 25.1 Å². The van der Waals surface area contributed by atoms with E-state index in [1.165, 1.54) is 6.07 Å². The zero-order chi connectivity index (χ0) is 10.1. The van der Waals surface area contributed by atoms with E-state index in [0.29, 0.717) is 5.58 Å². The summed E-state index contributed by atoms with van der Waals surface area (Å²) in [6.45, 7) is 1.87. The van der Waals surface area contributed by atoms with E-state index >= 15 is 0 Å². The second-order valence-corrected chi connectivity index (χ2v) is 3.07. The average molecular weight is 190 g/mol. The zero-order valence-corrected chi connectivity index (χ0v) is 8.03. The lowest BCUT2D eigenvalue weighted by molar-refractivity contribution is 0.410. The molecule has 0 spiro atoms. The highest BCUT2D eigenvalue weighted by molar-refractivity contribution is 5.81. The van der Waals surface area contributed by atoms with Crippen molar-refractivity contribution in [2.75, 3.05) is 7.11 Å². The molecule has 0 bridgehead atoms. The first-order valence-electron chi connectivity index (χ1n) is 4.30. The van der Waals surface area contributed by atoms with Gasteiger partial charge in [0.1, 0.15) is 11.3 Å². The summed E-state index contributed by atoms with van der Waals surface area (Å²) in [5.41, 5.74) is 1.11. The molecule has 2 aromatic rings. The second-order valence-electron chi connectivity index (χ2n) is 3.07. The molecule has 1 aromatic carbocycles. The molecular weight excluding hydrogens is 180 g/mol. The van der Waals surface area contributed by atoms with Gasteiger partial charge in [-0.3, -0.25) is 0 Å². The summed E-state index contributed by atoms with van der Waals surface area (Å²) in [6.07, 6.45) is 0. The van der Waals surface area contributed by atoms with Crippen LogP contribution in [0.5, 0.6) is 5.75 Å². The van der Waals surface area contributed by atoms with Gasteiger partial charge < -0.3 is 9.15 Å². The minimum atomic E-state index is -0.339. The number of methoxy groups -OCH3 is 1. The van der Waals surface area contributed by atoms with Crippen LogP contribution in [-0.2, 0) is 0 Å². The highest BCUT2D eigenvalue weighted by Gasteiger charge is 2.05. The minimum absolute atomic E-state index is 0.339. The average Bonchev–Trinajstić information content (AvgIpc) is 2.20. The summed E-state index contributed by atoms with van der Waals surface area (Å²) >= 11 is 0. The van der Waals surface area contributed by atoms with Crippen molar-refractivity contribution >= 4 is 11.0 Å². The maximum atomic E-state index is 11.0. The highest BCUT2D eigenvalue weighted by Crippen LogP contribution is 2.25. The molecule has 72 valence electrons. The first-order chi connectivity index (χ1) is 6.72. The molecule has 0 aliphatic rings. The Morgan fingerprint density at radius 3 is 2.64 bits per heavy atom. The second kappa shape index (κ2) is 3.18. The summed E-state index contributed by atoms with van der Waals surface area (Å²) in [4.78, 5) is 11.0. The molecule has 1 heterocycles. The Hall–Kier alpha value is -1.77. The van der Waals surface area contributed by atoms with Gasteiger partial charge in [0.05, 0.1) is 7.11 Å². The van der Waals surface area contributed by atoms with Crippen molar-refractivity contribution in [3.8, 4) is 5.75 Å². The molecule has 3 heteroatoms. The van der Waals surface area contributed by atoms with Crippen molar-refractivity contribution in [1.29, 1.82) is 0 Å². The molecule has 14 heavy (non-hydrogen) atoms. The minimum Gasteiger partial charge on any atom is -0.496 e. The van der Waals surface area contributed by atoms with Crippen molar-refractivity contribution in [2.24, 2.45) is 0 Å². The molecular formula is C11H10O3. The number of hydrogen-bond donors (Lipinski definition) is 0. The highest BCUT2D eigenvalue weighted by atomic mass is 16.5. The molecule has 0 aliphatic heterocycles. The number of ether oxygens (including phenoxy) is 1. The van der Waals surface area contributed by atoms with E-state index < -0.39 is 0 Å². The molecule has 0 atom stereocenters. The Kier molecular flexibility index (Phi) is 2.00. The topological polar surface area (TPSA) is 39.4 Å². The van der Waals surface area contributed by atoms with Crippen molar-refractivity contribution in [3.63, 3.8) is 0 Å². The van der Waals surface area contributed by atoms with Gasteiger partial charge in [0.25, 0.3) is 0 Å². The van der Waals surface area contributed by atoms with Gasteiger partial charge in [-0.2, -0.15) is 0 Å². The maximum Gasteiger partial charge on any atom is 0.336 e. The molecule has 1 aromatic heterocycles. The molecule has 0 unspecified atom stereocenters. The Morgan fingerprint density at radius 1 is 1.21 bits per heavy atom. The van der Waals surface area contributed by atoms with E-state index in [2.05, 4.69) is 0 Å². The van der Waals surface area contributed by atoms with Crippen LogP contribution in [0.4, 0.5) is 0 Å². The van der Waals surface area contributed by atoms with Crippen LogP contribution in [0, 0.1) is 6.92 Å². The summed E-state index contributed by atoms with van der Waals surface area (Å²) in [7, 11) is 1.59. The summed E-state index contributed by atoms with van der Waals surface area (Å²) in [5.74, 6) is 0.729. The fourth-order valence-electron chi connectivity index (χ4n) is 1.47. The number of benzene rings is 1. The number of hydrogen-bond acceptors (Lipinski definition) is 3. The summed E-state index contributed by atoms with van der Waals surface area (Å²) < 4.78 is 10.2. The molecule has 0 amide bonds. The van der Waals surface area contributed by atoms with Crippen LogP contribution in [0.3, 0.4) is 0 Å². The van der Waals surface area contributed by atoms with Crippen molar-refractivity contribution in [1.82, 2.24) is 0 Å². The van der Waals surface area contributed by atoms with Crippen molar-refractivity contribution < 1.29 is 9.15 Å². The fraction of sp³-hybridized carbons (Fsp3) is 0.182. The number of rotatable bonds is 1. The van der Waals surface area contributed by atoms with Gasteiger partial charge in [-0.25, -0.2) is 4.79 Å². The third kappa shape index (κ3) is 1.27. The van der Waals surface area contributed by atoms with Crippen LogP contribution in [0.15, 0.2) is 33.5 Å². The smallest absolute Gasteiger partial charge is 0.336 e. The van der Waals surface area contributed by atoms with Crippen molar-refractivity contribution in [3.05, 3.63) is 40.2 Å². The van der Waals surface area contributed by atoms with Gasteiger partial charge in [0.2, 0.25) is 0 Å². The molecule has 0 saturated carbocycles. The van der Waals surface area contributed by atoms with Crippen LogP contribution >= 0.6 is 0 Å². The molecule has 0 saturated heterocycles. The van der Waals surface area contributed by atoms with Gasteiger partial charge in [-0.15, -0.1) is 0 Å². The molecule has 0 aliphatic carbocycles. The lowest BCUT2D eigenvalue weighted by Crippen LogP contribution is -1.96. The van der Waals surface area contributed by atoms with Gasteiger partial charge in [-0.1, -0.05) is 0 Å². The summed E-state index contributed by atoms with van der Waals surface area (Å²) in [5, 5.41) is 0.905. The Labute approximate surface area is 80.9 Å². The van der Waals surface area contributed by atoms with Gasteiger partial charge >= 0.3 is 5.63 Å². The monoisotopic (exact) mass is 190 g/mol. The lowest BCUT2D eigenvalue weighted by Gasteiger charge is -2.05.